The molecule has 14 nitrogen and oxygen atoms in total. The van der Waals surface area contributed by atoms with E-state index in [1.165, 1.54) is 0 Å². The van der Waals surface area contributed by atoms with E-state index in [9.17, 15) is 33.6 Å². The molecule has 76 heavy (non-hydrogen) atoms. The van der Waals surface area contributed by atoms with Crippen molar-refractivity contribution in [3.63, 3.8) is 0 Å². The fourth-order valence-corrected chi connectivity index (χ4v) is 6.54. The molecular formula is C62H118O14. The summed E-state index contributed by atoms with van der Waals surface area (Å²) in [4.78, 5) is 77.2. The molecule has 0 bridgehead atoms. The Balaban J connectivity index is -0.000000461. The Labute approximate surface area is 465 Å². The van der Waals surface area contributed by atoms with Gasteiger partial charge in [-0.1, -0.05) is 25.7 Å². The molecule has 0 rings (SSSR count). The van der Waals surface area contributed by atoms with Crippen LogP contribution in [0.25, 0.3) is 0 Å². The van der Waals surface area contributed by atoms with E-state index in [-0.39, 0.29) is 63.4 Å². The number of ketones is 4. The Hall–Kier alpha value is -3.07. The van der Waals surface area contributed by atoms with Crippen LogP contribution in [0, 0.1) is 0 Å². The van der Waals surface area contributed by atoms with Gasteiger partial charge in [-0.2, -0.15) is 0 Å². The Morgan fingerprint density at radius 3 is 0.539 bits per heavy atom. The molecule has 0 aromatic rings. The fourth-order valence-electron chi connectivity index (χ4n) is 6.54. The van der Waals surface area contributed by atoms with E-state index in [4.69, 9.17) is 33.2 Å². The van der Waals surface area contributed by atoms with E-state index in [1.54, 1.807) is 27.7 Å². The second kappa shape index (κ2) is 51.4. The van der Waals surface area contributed by atoms with Crippen LogP contribution in [0.15, 0.2) is 0 Å². The molecule has 0 aromatic carbocycles. The minimum atomic E-state index is -0.113. The van der Waals surface area contributed by atoms with Crippen molar-refractivity contribution in [3.8, 4) is 0 Å². The molecule has 0 amide bonds. The van der Waals surface area contributed by atoms with Gasteiger partial charge in [0.05, 0.1) is 42.2 Å². The van der Waals surface area contributed by atoms with Gasteiger partial charge in [0.1, 0.15) is 23.1 Å². The largest absolute Gasteiger partial charge is 0.466 e. The molecule has 0 saturated heterocycles. The lowest BCUT2D eigenvalue weighted by molar-refractivity contribution is -0.144. The molecule has 0 unspecified atom stereocenters. The van der Waals surface area contributed by atoms with Crippen molar-refractivity contribution in [3.05, 3.63) is 0 Å². The summed E-state index contributed by atoms with van der Waals surface area (Å²) >= 11 is 0. The molecule has 0 radical (unpaired) electrons. The maximum atomic E-state index is 11.5. The average Bonchev–Trinajstić information content (AvgIpc) is 3.28. The Morgan fingerprint density at radius 1 is 0.224 bits per heavy atom. The predicted molar refractivity (Wildman–Crippen MR) is 308 cm³/mol. The van der Waals surface area contributed by atoms with Crippen LogP contribution in [0.3, 0.4) is 0 Å². The molecule has 0 aliphatic carbocycles. The summed E-state index contributed by atoms with van der Waals surface area (Å²) in [6, 6.07) is 0. The van der Waals surface area contributed by atoms with Gasteiger partial charge in [-0.05, 0) is 220 Å². The molecular weight excluding hydrogens is 969 g/mol. The lowest BCUT2D eigenvalue weighted by atomic mass is 10.1. The van der Waals surface area contributed by atoms with Crippen LogP contribution in [-0.2, 0) is 66.7 Å². The zero-order valence-corrected chi connectivity index (χ0v) is 52.0. The first kappa shape index (κ1) is 79.4. The number of unbranched alkanes of at least 4 members (excludes halogenated alkanes) is 14. The van der Waals surface area contributed by atoms with Crippen molar-refractivity contribution in [2.75, 3.05) is 46.2 Å². The number of rotatable bonds is 42. The molecule has 0 aliphatic rings. The Morgan fingerprint density at radius 2 is 0.382 bits per heavy atom. The highest BCUT2D eigenvalue weighted by Gasteiger charge is 2.13. The second-order valence-corrected chi connectivity index (χ2v) is 24.0. The van der Waals surface area contributed by atoms with Crippen molar-refractivity contribution in [1.82, 2.24) is 0 Å². The number of carbonyl (C=O) groups is 7. The van der Waals surface area contributed by atoms with Crippen LogP contribution in [0.1, 0.15) is 291 Å². The van der Waals surface area contributed by atoms with Crippen LogP contribution in [0.5, 0.6) is 0 Å². The first-order chi connectivity index (χ1) is 35.3. The number of ether oxygens (including phenoxy) is 7. The number of Topliss-reactive ketones (excluding diaryl/α,β-unsaturated/α-hetero) is 4. The van der Waals surface area contributed by atoms with Crippen molar-refractivity contribution < 1.29 is 66.7 Å². The SMILES string of the molecule is CC(=O)CCCCCOC(=O)CCCCCOC(C)(C)C.CC(=O)CCCCCOC(=O)CCCCCOC(C)(C)C.CC(=O)CCCCCOC(=O)CCCCCOC(C)(C)C.CC(=O)CCCCCOC(C)(C)C. The molecule has 450 valence electrons. The van der Waals surface area contributed by atoms with Crippen molar-refractivity contribution >= 4 is 41.0 Å². The van der Waals surface area contributed by atoms with Crippen LogP contribution < -0.4 is 0 Å². The molecule has 14 heteroatoms. The zero-order valence-electron chi connectivity index (χ0n) is 52.0. The van der Waals surface area contributed by atoms with Gasteiger partial charge in [-0.15, -0.1) is 0 Å². The summed E-state index contributed by atoms with van der Waals surface area (Å²) in [6.07, 6.45) is 23.7. The third-order valence-corrected chi connectivity index (χ3v) is 10.7. The maximum absolute atomic E-state index is 11.5. The van der Waals surface area contributed by atoms with Gasteiger partial charge in [0, 0.05) is 71.4 Å². The summed E-state index contributed by atoms with van der Waals surface area (Å²) in [5, 5.41) is 0. The van der Waals surface area contributed by atoms with Gasteiger partial charge in [0.25, 0.3) is 0 Å². The smallest absolute Gasteiger partial charge is 0.305 e. The molecule has 0 heterocycles. The third-order valence-electron chi connectivity index (χ3n) is 10.7. The summed E-state index contributed by atoms with van der Waals surface area (Å²) < 4.78 is 37.9. The zero-order chi connectivity index (χ0) is 58.7. The minimum absolute atomic E-state index is 0.0272. The molecule has 0 saturated carbocycles. The highest BCUT2D eigenvalue weighted by Crippen LogP contribution is 2.13. The lowest BCUT2D eigenvalue weighted by Crippen LogP contribution is -2.19. The van der Waals surface area contributed by atoms with Gasteiger partial charge in [0.2, 0.25) is 0 Å². The number of carbonyl (C=O) groups excluding carboxylic acids is 7. The third kappa shape index (κ3) is 84.9. The Kier molecular flexibility index (Phi) is 53.7. The number of hydrogen-bond acceptors (Lipinski definition) is 14. The van der Waals surface area contributed by atoms with Gasteiger partial charge >= 0.3 is 17.9 Å². The number of hydrogen-bond donors (Lipinski definition) is 0. The lowest BCUT2D eigenvalue weighted by Gasteiger charge is -2.19. The molecule has 0 fully saturated rings. The van der Waals surface area contributed by atoms with E-state index < -0.39 is 0 Å². The molecule has 0 atom stereocenters. The van der Waals surface area contributed by atoms with Gasteiger partial charge in [0.15, 0.2) is 0 Å². The highest BCUT2D eigenvalue weighted by atomic mass is 16.5. The molecule has 0 aromatic heterocycles. The van der Waals surface area contributed by atoms with Crippen LogP contribution in [-0.4, -0.2) is 110 Å². The van der Waals surface area contributed by atoms with E-state index in [1.807, 2.05) is 62.3 Å². The fraction of sp³-hybridized carbons (Fsp3) is 0.887. The quantitative estimate of drug-likeness (QED) is 0.0319. The Bertz CT molecular complexity index is 1300. The summed E-state index contributed by atoms with van der Waals surface area (Å²) in [6.45, 7) is 35.5. The van der Waals surface area contributed by atoms with Crippen molar-refractivity contribution in [2.24, 2.45) is 0 Å². The van der Waals surface area contributed by atoms with Crippen molar-refractivity contribution in [2.45, 2.75) is 313 Å². The monoisotopic (exact) mass is 1090 g/mol. The predicted octanol–water partition coefficient (Wildman–Crippen LogP) is 15.1. The van der Waals surface area contributed by atoms with Crippen LogP contribution in [0.4, 0.5) is 0 Å². The van der Waals surface area contributed by atoms with Crippen LogP contribution in [0.2, 0.25) is 0 Å². The standard InChI is InChI=1S/3C17H32O4.C11H22O2/c3*1-15(18)11-7-5-9-13-20-16(19)12-8-6-10-14-21-17(2,3)4;1-10(12)8-6-5-7-9-13-11(2,3)4/h3*5-14H2,1-4H3;5-9H2,1-4H3. The topological polar surface area (TPSA) is 184 Å². The second-order valence-electron chi connectivity index (χ2n) is 24.0. The first-order valence-electron chi connectivity index (χ1n) is 29.4. The first-order valence-corrected chi connectivity index (χ1v) is 29.4. The molecule has 0 spiro atoms. The summed E-state index contributed by atoms with van der Waals surface area (Å²) in [5.41, 5.74) is -0.273. The molecule has 0 N–H and O–H groups in total. The van der Waals surface area contributed by atoms with Crippen LogP contribution >= 0.6 is 0 Å². The van der Waals surface area contributed by atoms with E-state index >= 15 is 0 Å². The van der Waals surface area contributed by atoms with E-state index in [0.717, 1.165) is 168 Å². The maximum Gasteiger partial charge on any atom is 0.305 e. The van der Waals surface area contributed by atoms with Crippen molar-refractivity contribution in [1.29, 1.82) is 0 Å². The van der Waals surface area contributed by atoms with Gasteiger partial charge in [-0.25, -0.2) is 0 Å². The summed E-state index contributed by atoms with van der Waals surface area (Å²) in [7, 11) is 0. The van der Waals surface area contributed by atoms with E-state index in [2.05, 4.69) is 20.8 Å². The van der Waals surface area contributed by atoms with Gasteiger partial charge < -0.3 is 52.3 Å². The highest BCUT2D eigenvalue weighted by molar-refractivity contribution is 5.76. The van der Waals surface area contributed by atoms with Gasteiger partial charge in [-0.3, -0.25) is 14.4 Å². The van der Waals surface area contributed by atoms with E-state index in [0.29, 0.717) is 58.3 Å². The molecule has 0 aliphatic heterocycles. The number of esters is 3. The minimum Gasteiger partial charge on any atom is -0.466 e. The normalized spacial score (nSPS) is 11.5. The average molecular weight is 1090 g/mol. The summed E-state index contributed by atoms with van der Waals surface area (Å²) in [5.74, 6) is 0.624.